The number of carboxylic acid groups (broad SMARTS) is 1. The standard InChI is InChI=1S/C15H17N3O2S/c1-11-2-3-12(14(19)20)13(10-11)17-5-7-18(8-6-17)15-16-4-9-21-15/h2-4,9-10H,5-8H2,1H3,(H,19,20). The molecule has 21 heavy (non-hydrogen) atoms. The number of hydrogen-bond donors (Lipinski definition) is 1. The number of aryl methyl sites for hydroxylation is 1. The first-order valence-electron chi connectivity index (χ1n) is 6.88. The minimum Gasteiger partial charge on any atom is -0.478 e. The van der Waals surface area contributed by atoms with Crippen LogP contribution in [-0.4, -0.2) is 42.2 Å². The van der Waals surface area contributed by atoms with E-state index in [-0.39, 0.29) is 0 Å². The molecule has 0 unspecified atom stereocenters. The Morgan fingerprint density at radius 1 is 1.24 bits per heavy atom. The Hall–Kier alpha value is -2.08. The van der Waals surface area contributed by atoms with E-state index in [9.17, 15) is 9.90 Å². The van der Waals surface area contributed by atoms with Crippen LogP contribution in [0.2, 0.25) is 0 Å². The summed E-state index contributed by atoms with van der Waals surface area (Å²) >= 11 is 1.64. The van der Waals surface area contributed by atoms with Crippen LogP contribution in [0.15, 0.2) is 29.8 Å². The molecular formula is C15H17N3O2S. The summed E-state index contributed by atoms with van der Waals surface area (Å²) in [7, 11) is 0. The zero-order valence-electron chi connectivity index (χ0n) is 11.8. The number of thiazole rings is 1. The quantitative estimate of drug-likeness (QED) is 0.944. The molecule has 0 saturated carbocycles. The molecule has 1 aromatic carbocycles. The van der Waals surface area contributed by atoms with Gasteiger partial charge in [0.1, 0.15) is 0 Å². The van der Waals surface area contributed by atoms with Crippen LogP contribution in [0.4, 0.5) is 10.8 Å². The van der Waals surface area contributed by atoms with Gasteiger partial charge in [-0.25, -0.2) is 9.78 Å². The first-order valence-corrected chi connectivity index (χ1v) is 7.76. The maximum absolute atomic E-state index is 11.4. The first-order chi connectivity index (χ1) is 10.1. The van der Waals surface area contributed by atoms with Crippen LogP contribution in [0.25, 0.3) is 0 Å². The smallest absolute Gasteiger partial charge is 0.337 e. The second kappa shape index (κ2) is 5.73. The highest BCUT2D eigenvalue weighted by molar-refractivity contribution is 7.13. The molecule has 1 aliphatic heterocycles. The first kappa shape index (κ1) is 13.9. The van der Waals surface area contributed by atoms with Gasteiger partial charge in [0, 0.05) is 37.8 Å². The van der Waals surface area contributed by atoms with Gasteiger partial charge in [-0.15, -0.1) is 11.3 Å². The monoisotopic (exact) mass is 303 g/mol. The highest BCUT2D eigenvalue weighted by Crippen LogP contribution is 2.26. The van der Waals surface area contributed by atoms with Gasteiger partial charge in [0.2, 0.25) is 0 Å². The zero-order valence-corrected chi connectivity index (χ0v) is 12.6. The number of anilines is 2. The lowest BCUT2D eigenvalue weighted by Gasteiger charge is -2.36. The molecule has 2 heterocycles. The molecule has 0 amide bonds. The van der Waals surface area contributed by atoms with Crippen LogP contribution in [0, 0.1) is 6.92 Å². The molecule has 2 aromatic rings. The Bertz CT molecular complexity index is 634. The number of benzene rings is 1. The predicted molar refractivity (Wildman–Crippen MR) is 84.7 cm³/mol. The number of piperazine rings is 1. The van der Waals surface area contributed by atoms with Gasteiger partial charge >= 0.3 is 5.97 Å². The number of hydrogen-bond acceptors (Lipinski definition) is 5. The summed E-state index contributed by atoms with van der Waals surface area (Å²) in [5.74, 6) is -0.868. The molecule has 6 heteroatoms. The maximum Gasteiger partial charge on any atom is 0.337 e. The van der Waals surface area contributed by atoms with E-state index in [1.54, 1.807) is 17.4 Å². The average molecular weight is 303 g/mol. The topological polar surface area (TPSA) is 56.7 Å². The minimum absolute atomic E-state index is 0.378. The lowest BCUT2D eigenvalue weighted by Crippen LogP contribution is -2.47. The van der Waals surface area contributed by atoms with Crippen molar-refractivity contribution in [3.63, 3.8) is 0 Å². The molecule has 0 spiro atoms. The number of carbonyl (C=O) groups is 1. The Kier molecular flexibility index (Phi) is 3.79. The third kappa shape index (κ3) is 2.85. The van der Waals surface area contributed by atoms with Crippen LogP contribution in [0.5, 0.6) is 0 Å². The van der Waals surface area contributed by atoms with Gasteiger partial charge < -0.3 is 14.9 Å². The summed E-state index contributed by atoms with van der Waals surface area (Å²) in [5, 5.41) is 12.4. The van der Waals surface area contributed by atoms with Crippen molar-refractivity contribution in [1.29, 1.82) is 0 Å². The van der Waals surface area contributed by atoms with E-state index < -0.39 is 5.97 Å². The van der Waals surface area contributed by atoms with Crippen LogP contribution < -0.4 is 9.80 Å². The van der Waals surface area contributed by atoms with Crippen LogP contribution >= 0.6 is 11.3 Å². The van der Waals surface area contributed by atoms with Crippen molar-refractivity contribution in [3.05, 3.63) is 40.9 Å². The number of nitrogens with zero attached hydrogens (tertiary/aromatic N) is 3. The van der Waals surface area contributed by atoms with E-state index in [2.05, 4.69) is 14.8 Å². The summed E-state index contributed by atoms with van der Waals surface area (Å²) in [6.07, 6.45) is 1.81. The Labute approximate surface area is 127 Å². The number of rotatable bonds is 3. The molecule has 0 atom stereocenters. The van der Waals surface area contributed by atoms with Gasteiger partial charge in [0.05, 0.1) is 11.3 Å². The SMILES string of the molecule is Cc1ccc(C(=O)O)c(N2CCN(c3nccs3)CC2)c1. The second-order valence-corrected chi connectivity index (χ2v) is 5.99. The lowest BCUT2D eigenvalue weighted by atomic mass is 10.1. The summed E-state index contributed by atoms with van der Waals surface area (Å²) in [5.41, 5.74) is 2.28. The molecule has 0 radical (unpaired) electrons. The van der Waals surface area contributed by atoms with Crippen molar-refractivity contribution in [2.24, 2.45) is 0 Å². The van der Waals surface area contributed by atoms with Gasteiger partial charge in [0.15, 0.2) is 5.13 Å². The molecule has 0 bridgehead atoms. The summed E-state index contributed by atoms with van der Waals surface area (Å²) < 4.78 is 0. The number of aromatic carboxylic acids is 1. The van der Waals surface area contributed by atoms with Gasteiger partial charge in [-0.2, -0.15) is 0 Å². The third-order valence-electron chi connectivity index (χ3n) is 3.69. The molecule has 1 aliphatic rings. The second-order valence-electron chi connectivity index (χ2n) is 5.11. The van der Waals surface area contributed by atoms with Crippen LogP contribution in [0.1, 0.15) is 15.9 Å². The van der Waals surface area contributed by atoms with Crippen LogP contribution in [0.3, 0.4) is 0 Å². The molecule has 1 N–H and O–H groups in total. The molecule has 0 aliphatic carbocycles. The molecule has 1 saturated heterocycles. The van der Waals surface area contributed by atoms with Crippen molar-refractivity contribution >= 4 is 28.1 Å². The van der Waals surface area contributed by atoms with Gasteiger partial charge in [-0.05, 0) is 24.6 Å². The van der Waals surface area contributed by atoms with E-state index in [0.717, 1.165) is 42.6 Å². The van der Waals surface area contributed by atoms with E-state index in [4.69, 9.17) is 0 Å². The minimum atomic E-state index is -0.868. The summed E-state index contributed by atoms with van der Waals surface area (Å²) in [4.78, 5) is 20.1. The van der Waals surface area contributed by atoms with E-state index >= 15 is 0 Å². The summed E-state index contributed by atoms with van der Waals surface area (Å²) in [6, 6.07) is 5.50. The fraction of sp³-hybridized carbons (Fsp3) is 0.333. The molecule has 110 valence electrons. The highest BCUT2D eigenvalue weighted by atomic mass is 32.1. The number of carboxylic acids is 1. The molecule has 3 rings (SSSR count). The van der Waals surface area contributed by atoms with Crippen molar-refractivity contribution in [2.45, 2.75) is 6.92 Å². The van der Waals surface area contributed by atoms with Gasteiger partial charge in [-0.1, -0.05) is 6.07 Å². The van der Waals surface area contributed by atoms with E-state index in [0.29, 0.717) is 5.56 Å². The Balaban J connectivity index is 1.78. The average Bonchev–Trinajstić information content (AvgIpc) is 3.01. The predicted octanol–water partition coefficient (Wildman–Crippen LogP) is 2.48. The fourth-order valence-electron chi connectivity index (χ4n) is 2.59. The largest absolute Gasteiger partial charge is 0.478 e. The number of aromatic nitrogens is 1. The molecule has 1 aromatic heterocycles. The third-order valence-corrected chi connectivity index (χ3v) is 4.53. The molecular weight excluding hydrogens is 286 g/mol. The summed E-state index contributed by atoms with van der Waals surface area (Å²) in [6.45, 7) is 5.33. The van der Waals surface area contributed by atoms with Crippen molar-refractivity contribution < 1.29 is 9.90 Å². The van der Waals surface area contributed by atoms with E-state index in [1.807, 2.05) is 30.6 Å². The lowest BCUT2D eigenvalue weighted by molar-refractivity contribution is 0.0697. The molecule has 1 fully saturated rings. The van der Waals surface area contributed by atoms with E-state index in [1.165, 1.54) is 0 Å². The fourth-order valence-corrected chi connectivity index (χ4v) is 3.29. The normalized spacial score (nSPS) is 15.3. The molecule has 5 nitrogen and oxygen atoms in total. The maximum atomic E-state index is 11.4. The highest BCUT2D eigenvalue weighted by Gasteiger charge is 2.22. The van der Waals surface area contributed by atoms with Crippen molar-refractivity contribution in [2.75, 3.05) is 36.0 Å². The van der Waals surface area contributed by atoms with Gasteiger partial charge in [-0.3, -0.25) is 0 Å². The zero-order chi connectivity index (χ0) is 14.8. The van der Waals surface area contributed by atoms with Crippen LogP contribution in [-0.2, 0) is 0 Å². The van der Waals surface area contributed by atoms with Gasteiger partial charge in [0.25, 0.3) is 0 Å². The Morgan fingerprint density at radius 3 is 2.57 bits per heavy atom. The van der Waals surface area contributed by atoms with Crippen molar-refractivity contribution in [1.82, 2.24) is 4.98 Å². The van der Waals surface area contributed by atoms with Crippen molar-refractivity contribution in [3.8, 4) is 0 Å². The Morgan fingerprint density at radius 2 is 1.95 bits per heavy atom.